The lowest BCUT2D eigenvalue weighted by Gasteiger charge is -2.35. The number of carbonyl (C=O) groups is 1. The summed E-state index contributed by atoms with van der Waals surface area (Å²) < 4.78 is 1.77. The van der Waals surface area contributed by atoms with Crippen molar-refractivity contribution < 1.29 is 4.79 Å². The third-order valence-corrected chi connectivity index (χ3v) is 8.86. The number of likely N-dealkylation sites (tertiary alicyclic amines) is 1. The van der Waals surface area contributed by atoms with Crippen molar-refractivity contribution in [3.8, 4) is 11.1 Å². The molecule has 2 saturated heterocycles. The summed E-state index contributed by atoms with van der Waals surface area (Å²) >= 11 is 6.30. The van der Waals surface area contributed by atoms with Gasteiger partial charge in [-0.3, -0.25) is 14.2 Å². The van der Waals surface area contributed by atoms with Gasteiger partial charge in [0, 0.05) is 79.2 Å². The van der Waals surface area contributed by atoms with Crippen LogP contribution in [0.4, 0.5) is 17.3 Å². The molecule has 43 heavy (non-hydrogen) atoms. The number of pyridine rings is 1. The molecule has 2 fully saturated rings. The van der Waals surface area contributed by atoms with Gasteiger partial charge in [-0.1, -0.05) is 30.7 Å². The van der Waals surface area contributed by atoms with E-state index in [-0.39, 0.29) is 17.5 Å². The highest BCUT2D eigenvalue weighted by atomic mass is 35.5. The zero-order valence-corrected chi connectivity index (χ0v) is 25.8. The Labute approximate surface area is 257 Å². The molecule has 10 heteroatoms. The molecule has 4 heterocycles. The first-order valence-corrected chi connectivity index (χ1v) is 15.5. The molecule has 0 radical (unpaired) electrons. The van der Waals surface area contributed by atoms with E-state index < -0.39 is 0 Å². The van der Waals surface area contributed by atoms with E-state index >= 15 is 0 Å². The number of fused-ring (bicyclic) bond motifs is 1. The number of rotatable bonds is 6. The number of carbonyl (C=O) groups excluding carboxylic acids is 1. The number of piperazine rings is 1. The molecule has 224 valence electrons. The molecule has 2 aromatic carbocycles. The number of halogens is 1. The van der Waals surface area contributed by atoms with Crippen molar-refractivity contribution in [3.05, 3.63) is 75.7 Å². The minimum absolute atomic E-state index is 0.0976. The number of likely N-dealkylation sites (N-methyl/N-ethyl adjacent to an activating group) is 1. The summed E-state index contributed by atoms with van der Waals surface area (Å²) in [5, 5.41) is 4.68. The van der Waals surface area contributed by atoms with Crippen LogP contribution in [-0.4, -0.2) is 76.6 Å². The Balaban J connectivity index is 1.38. The van der Waals surface area contributed by atoms with E-state index in [9.17, 15) is 9.59 Å². The van der Waals surface area contributed by atoms with E-state index in [0.29, 0.717) is 41.7 Å². The Bertz CT molecular complexity index is 1710. The summed E-state index contributed by atoms with van der Waals surface area (Å²) in [6, 6.07) is 15.3. The third kappa shape index (κ3) is 6.10. The van der Waals surface area contributed by atoms with Crippen LogP contribution in [0.2, 0.25) is 5.02 Å². The number of benzene rings is 2. The van der Waals surface area contributed by atoms with Crippen molar-refractivity contribution >= 4 is 45.9 Å². The van der Waals surface area contributed by atoms with Crippen molar-refractivity contribution in [2.75, 3.05) is 56.5 Å². The fourth-order valence-electron chi connectivity index (χ4n) is 6.26. The van der Waals surface area contributed by atoms with Gasteiger partial charge in [0.05, 0.1) is 6.04 Å². The first-order valence-electron chi connectivity index (χ1n) is 15.1. The number of aryl methyl sites for hydroxylation is 1. The number of anilines is 3. The van der Waals surface area contributed by atoms with Gasteiger partial charge in [0.25, 0.3) is 5.56 Å². The molecule has 6 rings (SSSR count). The Morgan fingerprint density at radius 3 is 2.63 bits per heavy atom. The second-order valence-corrected chi connectivity index (χ2v) is 12.1. The lowest BCUT2D eigenvalue weighted by molar-refractivity contribution is -0.132. The predicted molar refractivity (Wildman–Crippen MR) is 174 cm³/mol. The Kier molecular flexibility index (Phi) is 8.36. The molecule has 9 nitrogen and oxygen atoms in total. The summed E-state index contributed by atoms with van der Waals surface area (Å²) in [5.74, 6) is 0.514. The number of nitrogens with zero attached hydrogens (tertiary/aromatic N) is 6. The molecule has 0 saturated carbocycles. The van der Waals surface area contributed by atoms with Gasteiger partial charge in [0.15, 0.2) is 0 Å². The summed E-state index contributed by atoms with van der Waals surface area (Å²) in [6.07, 6.45) is 3.80. The van der Waals surface area contributed by atoms with Crippen molar-refractivity contribution in [1.82, 2.24) is 24.3 Å². The van der Waals surface area contributed by atoms with Crippen molar-refractivity contribution in [3.63, 3.8) is 0 Å². The highest BCUT2D eigenvalue weighted by Crippen LogP contribution is 2.30. The molecule has 0 spiro atoms. The second kappa shape index (κ2) is 12.3. The standard InChI is InChI=1S/C33H38ClN7O2/c1-4-30(42)40-12-6-9-27(21-40)41-31-24(19-28(32(41)43)23-7-5-8-25(34)18-23)20-35-33(37-31)36-26-10-11-29(22(2)17-26)39-15-13-38(3)14-16-39/h5,7-8,10-11,17-20,27H,4,6,9,12-16,21H2,1-3H3,(H,35,36,37)/t27-/m0/s1. The van der Waals surface area contributed by atoms with Gasteiger partial charge in [-0.25, -0.2) is 4.98 Å². The zero-order valence-electron chi connectivity index (χ0n) is 25.0. The number of piperidine rings is 1. The lowest BCUT2D eigenvalue weighted by atomic mass is 10.0. The van der Waals surface area contributed by atoms with E-state index in [1.54, 1.807) is 22.9 Å². The first-order chi connectivity index (χ1) is 20.8. The van der Waals surface area contributed by atoms with Crippen LogP contribution in [0.15, 0.2) is 59.5 Å². The molecule has 2 aliphatic rings. The molecular formula is C33H38ClN7O2. The van der Waals surface area contributed by atoms with Gasteiger partial charge in [0.1, 0.15) is 5.65 Å². The van der Waals surface area contributed by atoms with Gasteiger partial charge in [-0.15, -0.1) is 0 Å². The number of hydrogen-bond donors (Lipinski definition) is 1. The van der Waals surface area contributed by atoms with Crippen LogP contribution in [0.25, 0.3) is 22.2 Å². The van der Waals surface area contributed by atoms with Gasteiger partial charge in [-0.2, -0.15) is 4.98 Å². The molecule has 0 bridgehead atoms. The number of nitrogens with one attached hydrogen (secondary N) is 1. The van der Waals surface area contributed by atoms with Crippen LogP contribution < -0.4 is 15.8 Å². The van der Waals surface area contributed by atoms with Crippen LogP contribution in [0.5, 0.6) is 0 Å². The van der Waals surface area contributed by atoms with Crippen molar-refractivity contribution in [2.24, 2.45) is 0 Å². The van der Waals surface area contributed by atoms with Crippen LogP contribution >= 0.6 is 11.6 Å². The summed E-state index contributed by atoms with van der Waals surface area (Å²) in [7, 11) is 2.16. The highest BCUT2D eigenvalue weighted by molar-refractivity contribution is 6.30. The van der Waals surface area contributed by atoms with Gasteiger partial charge in [0.2, 0.25) is 11.9 Å². The minimum Gasteiger partial charge on any atom is -0.369 e. The van der Waals surface area contributed by atoms with Gasteiger partial charge in [-0.05, 0) is 74.3 Å². The predicted octanol–water partition coefficient (Wildman–Crippen LogP) is 5.49. The zero-order chi connectivity index (χ0) is 30.1. The smallest absolute Gasteiger partial charge is 0.260 e. The van der Waals surface area contributed by atoms with E-state index in [0.717, 1.165) is 55.7 Å². The second-order valence-electron chi connectivity index (χ2n) is 11.6. The maximum atomic E-state index is 14.2. The monoisotopic (exact) mass is 599 g/mol. The number of aromatic nitrogens is 3. The maximum absolute atomic E-state index is 14.2. The van der Waals surface area contributed by atoms with E-state index in [1.165, 1.54) is 11.3 Å². The van der Waals surface area contributed by atoms with E-state index in [1.807, 2.05) is 30.0 Å². The quantitative estimate of drug-likeness (QED) is 0.314. The summed E-state index contributed by atoms with van der Waals surface area (Å²) in [5.41, 5.74) is 4.98. The molecule has 2 aromatic heterocycles. The fourth-order valence-corrected chi connectivity index (χ4v) is 6.45. The molecule has 1 amide bonds. The maximum Gasteiger partial charge on any atom is 0.260 e. The number of hydrogen-bond acceptors (Lipinski definition) is 7. The highest BCUT2D eigenvalue weighted by Gasteiger charge is 2.27. The van der Waals surface area contributed by atoms with Crippen LogP contribution in [0.3, 0.4) is 0 Å². The van der Waals surface area contributed by atoms with E-state index in [4.69, 9.17) is 16.6 Å². The van der Waals surface area contributed by atoms with Gasteiger partial charge >= 0.3 is 0 Å². The summed E-state index contributed by atoms with van der Waals surface area (Å²) in [4.78, 5) is 43.0. The Morgan fingerprint density at radius 1 is 1.07 bits per heavy atom. The molecule has 2 aliphatic heterocycles. The average molecular weight is 600 g/mol. The van der Waals surface area contributed by atoms with Gasteiger partial charge < -0.3 is 20.0 Å². The third-order valence-electron chi connectivity index (χ3n) is 8.62. The minimum atomic E-state index is -0.203. The Morgan fingerprint density at radius 2 is 1.88 bits per heavy atom. The first kappa shape index (κ1) is 29.1. The van der Waals surface area contributed by atoms with Crippen molar-refractivity contribution in [1.29, 1.82) is 0 Å². The normalized spacial score (nSPS) is 17.8. The van der Waals surface area contributed by atoms with Crippen LogP contribution in [-0.2, 0) is 4.79 Å². The topological polar surface area (TPSA) is 86.6 Å². The molecular weight excluding hydrogens is 562 g/mol. The summed E-state index contributed by atoms with van der Waals surface area (Å²) in [6.45, 7) is 9.30. The lowest BCUT2D eigenvalue weighted by Crippen LogP contribution is -2.44. The fraction of sp³-hybridized carbons (Fsp3) is 0.394. The van der Waals surface area contributed by atoms with Crippen LogP contribution in [0, 0.1) is 6.92 Å². The molecule has 0 aliphatic carbocycles. The van der Waals surface area contributed by atoms with Crippen molar-refractivity contribution in [2.45, 2.75) is 39.2 Å². The Hall–Kier alpha value is -3.95. The average Bonchev–Trinajstić information content (AvgIpc) is 3.01. The number of amides is 1. The van der Waals surface area contributed by atoms with Crippen LogP contribution in [0.1, 0.15) is 37.8 Å². The molecule has 0 unspecified atom stereocenters. The molecule has 1 N–H and O–H groups in total. The largest absolute Gasteiger partial charge is 0.369 e. The molecule has 4 aromatic rings. The van der Waals surface area contributed by atoms with E-state index in [2.05, 4.69) is 52.3 Å². The SMILES string of the molecule is CCC(=O)N1CCC[C@H](n2c(=O)c(-c3cccc(Cl)c3)cc3cnc(Nc4ccc(N5CCN(C)CC5)c(C)c4)nc32)C1. The molecule has 1 atom stereocenters.